The molecule has 3 rings (SSSR count). The molecule has 0 bridgehead atoms. The standard InChI is InChI=1S/C22H21FN2O4S/c1-29-15-17-8-6-16(7-9-17)14-24-22(26)18-10-12-19(13-11-18)30(27,28)25-21-5-3-2-4-20(21)23/h2-13,25H,14-15H2,1H3,(H,24,26). The lowest BCUT2D eigenvalue weighted by atomic mass is 10.1. The van der Waals surface area contributed by atoms with Crippen molar-refractivity contribution >= 4 is 21.6 Å². The molecule has 0 saturated heterocycles. The lowest BCUT2D eigenvalue weighted by Gasteiger charge is -2.10. The normalized spacial score (nSPS) is 11.1. The number of hydrogen-bond acceptors (Lipinski definition) is 4. The molecule has 0 saturated carbocycles. The van der Waals surface area contributed by atoms with E-state index in [9.17, 15) is 17.6 Å². The van der Waals surface area contributed by atoms with Gasteiger partial charge in [-0.1, -0.05) is 36.4 Å². The molecule has 0 spiro atoms. The molecule has 1 amide bonds. The SMILES string of the molecule is COCc1ccc(CNC(=O)c2ccc(S(=O)(=O)Nc3ccccc3F)cc2)cc1. The van der Waals surface area contributed by atoms with E-state index in [1.54, 1.807) is 7.11 Å². The fourth-order valence-electron chi connectivity index (χ4n) is 2.74. The van der Waals surface area contributed by atoms with Crippen molar-refractivity contribution in [1.82, 2.24) is 5.32 Å². The summed E-state index contributed by atoms with van der Waals surface area (Å²) in [4.78, 5) is 12.3. The topological polar surface area (TPSA) is 84.5 Å². The summed E-state index contributed by atoms with van der Waals surface area (Å²) in [6, 6.07) is 18.6. The summed E-state index contributed by atoms with van der Waals surface area (Å²) < 4.78 is 45.8. The first-order valence-corrected chi connectivity index (χ1v) is 10.6. The van der Waals surface area contributed by atoms with E-state index < -0.39 is 15.8 Å². The number of carbonyl (C=O) groups excluding carboxylic acids is 1. The summed E-state index contributed by atoms with van der Waals surface area (Å²) in [6.07, 6.45) is 0. The molecule has 0 aliphatic carbocycles. The second-order valence-electron chi connectivity index (χ2n) is 6.54. The second kappa shape index (κ2) is 9.51. The summed E-state index contributed by atoms with van der Waals surface area (Å²) in [5, 5.41) is 2.79. The Morgan fingerprint density at radius 3 is 2.20 bits per heavy atom. The molecule has 8 heteroatoms. The Kier molecular flexibility index (Phi) is 6.81. The highest BCUT2D eigenvalue weighted by atomic mass is 32.2. The van der Waals surface area contributed by atoms with Crippen molar-refractivity contribution in [1.29, 1.82) is 0 Å². The molecule has 2 N–H and O–H groups in total. The predicted molar refractivity (Wildman–Crippen MR) is 112 cm³/mol. The van der Waals surface area contributed by atoms with Gasteiger partial charge in [0.05, 0.1) is 17.2 Å². The van der Waals surface area contributed by atoms with Crippen LogP contribution in [-0.4, -0.2) is 21.4 Å². The molecule has 30 heavy (non-hydrogen) atoms. The van der Waals surface area contributed by atoms with Crippen molar-refractivity contribution in [3.63, 3.8) is 0 Å². The first-order valence-electron chi connectivity index (χ1n) is 9.11. The molecular formula is C22H21FN2O4S. The lowest BCUT2D eigenvalue weighted by molar-refractivity contribution is 0.0951. The van der Waals surface area contributed by atoms with Gasteiger partial charge in [-0.3, -0.25) is 9.52 Å². The Bertz CT molecular complexity index is 1110. The number of methoxy groups -OCH3 is 1. The van der Waals surface area contributed by atoms with E-state index in [-0.39, 0.29) is 16.5 Å². The minimum absolute atomic E-state index is 0.0731. The van der Waals surface area contributed by atoms with Crippen LogP contribution in [0.5, 0.6) is 0 Å². The Balaban J connectivity index is 1.63. The number of hydrogen-bond donors (Lipinski definition) is 2. The molecule has 0 aromatic heterocycles. The average Bonchev–Trinajstić information content (AvgIpc) is 2.75. The van der Waals surface area contributed by atoms with Crippen LogP contribution in [0.1, 0.15) is 21.5 Å². The zero-order valence-electron chi connectivity index (χ0n) is 16.3. The van der Waals surface area contributed by atoms with Crippen LogP contribution in [0.2, 0.25) is 0 Å². The summed E-state index contributed by atoms with van der Waals surface area (Å²) in [5.74, 6) is -1.01. The van der Waals surface area contributed by atoms with Crippen LogP contribution >= 0.6 is 0 Å². The van der Waals surface area contributed by atoms with Gasteiger partial charge in [0.2, 0.25) is 0 Å². The van der Waals surface area contributed by atoms with Crippen LogP contribution in [0.3, 0.4) is 0 Å². The van der Waals surface area contributed by atoms with Gasteiger partial charge in [-0.25, -0.2) is 12.8 Å². The van der Waals surface area contributed by atoms with Crippen LogP contribution in [0, 0.1) is 5.82 Å². The summed E-state index contributed by atoms with van der Waals surface area (Å²) in [6.45, 7) is 0.856. The second-order valence-corrected chi connectivity index (χ2v) is 8.22. The van der Waals surface area contributed by atoms with Crippen LogP contribution in [0.15, 0.2) is 77.7 Å². The van der Waals surface area contributed by atoms with Gasteiger partial charge in [0.1, 0.15) is 5.82 Å². The molecule has 6 nitrogen and oxygen atoms in total. The zero-order valence-corrected chi connectivity index (χ0v) is 17.1. The summed E-state index contributed by atoms with van der Waals surface area (Å²) in [7, 11) is -2.35. The summed E-state index contributed by atoms with van der Waals surface area (Å²) >= 11 is 0. The third kappa shape index (κ3) is 5.43. The van der Waals surface area contributed by atoms with Crippen molar-refractivity contribution in [2.24, 2.45) is 0 Å². The monoisotopic (exact) mass is 428 g/mol. The van der Waals surface area contributed by atoms with Crippen LogP contribution in [0.25, 0.3) is 0 Å². The lowest BCUT2D eigenvalue weighted by Crippen LogP contribution is -2.23. The molecule has 3 aromatic rings. The van der Waals surface area contributed by atoms with Crippen molar-refractivity contribution in [3.8, 4) is 0 Å². The third-order valence-electron chi connectivity index (χ3n) is 4.33. The molecule has 0 unspecified atom stereocenters. The van der Waals surface area contributed by atoms with Crippen LogP contribution in [0.4, 0.5) is 10.1 Å². The Morgan fingerprint density at radius 1 is 0.933 bits per heavy atom. The van der Waals surface area contributed by atoms with E-state index in [1.165, 1.54) is 42.5 Å². The quantitative estimate of drug-likeness (QED) is 0.573. The van der Waals surface area contributed by atoms with Crippen molar-refractivity contribution < 1.29 is 22.3 Å². The average molecular weight is 428 g/mol. The van der Waals surface area contributed by atoms with Gasteiger partial charge in [-0.2, -0.15) is 0 Å². The third-order valence-corrected chi connectivity index (χ3v) is 5.71. The molecule has 0 radical (unpaired) electrons. The fourth-order valence-corrected chi connectivity index (χ4v) is 3.80. The van der Waals surface area contributed by atoms with E-state index in [4.69, 9.17) is 4.74 Å². The first-order chi connectivity index (χ1) is 14.4. The van der Waals surface area contributed by atoms with E-state index in [1.807, 2.05) is 24.3 Å². The van der Waals surface area contributed by atoms with Gasteiger partial charge < -0.3 is 10.1 Å². The number of nitrogens with one attached hydrogen (secondary N) is 2. The number of sulfonamides is 1. The van der Waals surface area contributed by atoms with Gasteiger partial charge in [0.15, 0.2) is 0 Å². The van der Waals surface area contributed by atoms with E-state index in [0.717, 1.165) is 17.2 Å². The number of carbonyl (C=O) groups is 1. The van der Waals surface area contributed by atoms with Gasteiger partial charge in [0.25, 0.3) is 15.9 Å². The van der Waals surface area contributed by atoms with Crippen LogP contribution < -0.4 is 10.0 Å². The largest absolute Gasteiger partial charge is 0.380 e. The predicted octanol–water partition coefficient (Wildman–Crippen LogP) is 3.70. The van der Waals surface area contributed by atoms with Gasteiger partial charge in [-0.05, 0) is 47.5 Å². The molecule has 3 aromatic carbocycles. The smallest absolute Gasteiger partial charge is 0.261 e. The number of amides is 1. The number of benzene rings is 3. The molecule has 0 atom stereocenters. The minimum atomic E-state index is -3.97. The van der Waals surface area contributed by atoms with Crippen molar-refractivity contribution in [2.45, 2.75) is 18.0 Å². The molecule has 0 aliphatic rings. The number of ether oxygens (including phenoxy) is 1. The van der Waals surface area contributed by atoms with Crippen molar-refractivity contribution in [2.75, 3.05) is 11.8 Å². The minimum Gasteiger partial charge on any atom is -0.380 e. The number of halogens is 1. The Hall–Kier alpha value is -3.23. The zero-order chi connectivity index (χ0) is 21.6. The number of para-hydroxylation sites is 1. The Labute approximate surface area is 174 Å². The molecule has 0 heterocycles. The maximum atomic E-state index is 13.7. The van der Waals surface area contributed by atoms with Gasteiger partial charge >= 0.3 is 0 Å². The van der Waals surface area contributed by atoms with Crippen LogP contribution in [-0.2, 0) is 27.9 Å². The highest BCUT2D eigenvalue weighted by Gasteiger charge is 2.17. The molecule has 156 valence electrons. The molecule has 0 aliphatic heterocycles. The molecular weight excluding hydrogens is 407 g/mol. The Morgan fingerprint density at radius 2 is 1.57 bits per heavy atom. The highest BCUT2D eigenvalue weighted by molar-refractivity contribution is 7.92. The highest BCUT2D eigenvalue weighted by Crippen LogP contribution is 2.19. The maximum Gasteiger partial charge on any atom is 0.261 e. The van der Waals surface area contributed by atoms with Gasteiger partial charge in [-0.15, -0.1) is 0 Å². The van der Waals surface area contributed by atoms with E-state index >= 15 is 0 Å². The maximum absolute atomic E-state index is 13.7. The number of anilines is 1. The van der Waals surface area contributed by atoms with Gasteiger partial charge in [0, 0.05) is 19.2 Å². The van der Waals surface area contributed by atoms with E-state index in [0.29, 0.717) is 18.7 Å². The molecule has 0 fully saturated rings. The first kappa shape index (κ1) is 21.5. The summed E-state index contributed by atoms with van der Waals surface area (Å²) in [5.41, 5.74) is 2.14. The number of rotatable bonds is 8. The van der Waals surface area contributed by atoms with E-state index in [2.05, 4.69) is 10.0 Å². The van der Waals surface area contributed by atoms with Crippen molar-refractivity contribution in [3.05, 3.63) is 95.3 Å². The fraction of sp³-hybridized carbons (Fsp3) is 0.136.